The molecule has 1 N–H and O–H groups in total. The third-order valence-electron chi connectivity index (χ3n) is 3.87. The van der Waals surface area contributed by atoms with E-state index in [2.05, 4.69) is 37.2 Å². The minimum absolute atomic E-state index is 0.0667. The van der Waals surface area contributed by atoms with Crippen molar-refractivity contribution in [3.05, 3.63) is 35.4 Å². The summed E-state index contributed by atoms with van der Waals surface area (Å²) in [7, 11) is 2.13. The number of carbonyl (C=O) groups is 1. The number of nitrogens with zero attached hydrogens (tertiary/aromatic N) is 1. The van der Waals surface area contributed by atoms with Gasteiger partial charge in [0, 0.05) is 11.6 Å². The van der Waals surface area contributed by atoms with Crippen LogP contribution in [-0.2, 0) is 0 Å². The lowest BCUT2D eigenvalue weighted by atomic mass is 10.00. The molecule has 0 spiro atoms. The van der Waals surface area contributed by atoms with Crippen molar-refractivity contribution in [3.8, 4) is 0 Å². The molecule has 0 aliphatic carbocycles. The van der Waals surface area contributed by atoms with Crippen LogP contribution < -0.4 is 5.32 Å². The molecule has 1 amide bonds. The molecule has 19 heavy (non-hydrogen) atoms. The van der Waals surface area contributed by atoms with Gasteiger partial charge >= 0.3 is 0 Å². The minimum atomic E-state index is 0.0667. The van der Waals surface area contributed by atoms with E-state index in [4.69, 9.17) is 0 Å². The summed E-state index contributed by atoms with van der Waals surface area (Å²) >= 11 is 0. The number of nitrogens with one attached hydrogen (secondary N) is 1. The van der Waals surface area contributed by atoms with Crippen LogP contribution in [0.2, 0.25) is 0 Å². The Hall–Kier alpha value is -1.35. The molecule has 0 radical (unpaired) electrons. The molecule has 1 aliphatic rings. The molecule has 3 heteroatoms. The summed E-state index contributed by atoms with van der Waals surface area (Å²) in [6.07, 6.45) is 2.10. The fourth-order valence-electron chi connectivity index (χ4n) is 2.46. The SMILES string of the molecule is CC(C)c1cccc(C(=O)NC2CCN(C)CC2)c1. The first-order chi connectivity index (χ1) is 9.06. The molecular formula is C16H24N2O. The second-order valence-electron chi connectivity index (χ2n) is 5.83. The smallest absolute Gasteiger partial charge is 0.251 e. The predicted molar refractivity (Wildman–Crippen MR) is 78.5 cm³/mol. The van der Waals surface area contributed by atoms with Crippen LogP contribution in [0.5, 0.6) is 0 Å². The highest BCUT2D eigenvalue weighted by Gasteiger charge is 2.19. The normalized spacial score (nSPS) is 17.7. The van der Waals surface area contributed by atoms with Crippen LogP contribution in [0.3, 0.4) is 0 Å². The number of hydrogen-bond acceptors (Lipinski definition) is 2. The van der Waals surface area contributed by atoms with E-state index in [9.17, 15) is 4.79 Å². The highest BCUT2D eigenvalue weighted by atomic mass is 16.1. The molecule has 2 rings (SSSR count). The van der Waals surface area contributed by atoms with Gasteiger partial charge in [0.25, 0.3) is 5.91 Å². The second-order valence-corrected chi connectivity index (χ2v) is 5.83. The van der Waals surface area contributed by atoms with E-state index < -0.39 is 0 Å². The third kappa shape index (κ3) is 3.80. The van der Waals surface area contributed by atoms with E-state index in [0.717, 1.165) is 31.5 Å². The van der Waals surface area contributed by atoms with Crippen molar-refractivity contribution in [2.75, 3.05) is 20.1 Å². The Labute approximate surface area is 116 Å². The zero-order valence-corrected chi connectivity index (χ0v) is 12.1. The number of likely N-dealkylation sites (tertiary alicyclic amines) is 1. The molecule has 0 saturated carbocycles. The fraction of sp³-hybridized carbons (Fsp3) is 0.562. The molecule has 0 bridgehead atoms. The molecule has 1 aromatic carbocycles. The van der Waals surface area contributed by atoms with Crippen LogP contribution in [-0.4, -0.2) is 37.0 Å². The lowest BCUT2D eigenvalue weighted by Gasteiger charge is -2.29. The molecule has 1 aromatic rings. The van der Waals surface area contributed by atoms with Gasteiger partial charge in [-0.1, -0.05) is 26.0 Å². The van der Waals surface area contributed by atoms with E-state index in [1.807, 2.05) is 18.2 Å². The highest BCUT2D eigenvalue weighted by molar-refractivity contribution is 5.94. The molecule has 1 heterocycles. The maximum atomic E-state index is 12.2. The Morgan fingerprint density at radius 3 is 2.63 bits per heavy atom. The lowest BCUT2D eigenvalue weighted by molar-refractivity contribution is 0.0917. The van der Waals surface area contributed by atoms with Crippen molar-refractivity contribution in [1.29, 1.82) is 0 Å². The Bertz CT molecular complexity index is 434. The van der Waals surface area contributed by atoms with Crippen LogP contribution >= 0.6 is 0 Å². The topological polar surface area (TPSA) is 32.3 Å². The summed E-state index contributed by atoms with van der Waals surface area (Å²) in [4.78, 5) is 14.6. The van der Waals surface area contributed by atoms with Crippen molar-refractivity contribution in [2.45, 2.75) is 38.6 Å². The zero-order valence-electron chi connectivity index (χ0n) is 12.1. The standard InChI is InChI=1S/C16H24N2O/c1-12(2)13-5-4-6-14(11-13)16(19)17-15-7-9-18(3)10-8-15/h4-6,11-12,15H,7-10H2,1-3H3,(H,17,19). The van der Waals surface area contributed by atoms with Gasteiger partial charge in [-0.15, -0.1) is 0 Å². The minimum Gasteiger partial charge on any atom is -0.349 e. The van der Waals surface area contributed by atoms with Crippen molar-refractivity contribution in [3.63, 3.8) is 0 Å². The number of carbonyl (C=O) groups excluding carboxylic acids is 1. The molecule has 0 aromatic heterocycles. The van der Waals surface area contributed by atoms with E-state index >= 15 is 0 Å². The second kappa shape index (κ2) is 6.20. The van der Waals surface area contributed by atoms with Gasteiger partial charge in [0.1, 0.15) is 0 Å². The monoisotopic (exact) mass is 260 g/mol. The van der Waals surface area contributed by atoms with Crippen LogP contribution in [0.15, 0.2) is 24.3 Å². The van der Waals surface area contributed by atoms with E-state index in [0.29, 0.717) is 12.0 Å². The quantitative estimate of drug-likeness (QED) is 0.906. The molecule has 0 atom stereocenters. The fourth-order valence-corrected chi connectivity index (χ4v) is 2.46. The molecule has 1 fully saturated rings. The highest BCUT2D eigenvalue weighted by Crippen LogP contribution is 2.16. The maximum Gasteiger partial charge on any atom is 0.251 e. The van der Waals surface area contributed by atoms with Gasteiger partial charge in [-0.25, -0.2) is 0 Å². The van der Waals surface area contributed by atoms with E-state index in [1.165, 1.54) is 5.56 Å². The molecule has 0 unspecified atom stereocenters. The number of rotatable bonds is 3. The zero-order chi connectivity index (χ0) is 13.8. The van der Waals surface area contributed by atoms with Gasteiger partial charge in [0.15, 0.2) is 0 Å². The summed E-state index contributed by atoms with van der Waals surface area (Å²) in [6, 6.07) is 8.28. The first-order valence-corrected chi connectivity index (χ1v) is 7.15. The Morgan fingerprint density at radius 1 is 1.32 bits per heavy atom. The summed E-state index contributed by atoms with van der Waals surface area (Å²) < 4.78 is 0. The molecule has 1 aliphatic heterocycles. The molecule has 104 valence electrons. The average molecular weight is 260 g/mol. The lowest BCUT2D eigenvalue weighted by Crippen LogP contribution is -2.43. The van der Waals surface area contributed by atoms with Crippen LogP contribution in [0.25, 0.3) is 0 Å². The summed E-state index contributed by atoms with van der Waals surface area (Å²) in [5.41, 5.74) is 2.00. The van der Waals surface area contributed by atoms with E-state index in [-0.39, 0.29) is 5.91 Å². The maximum absolute atomic E-state index is 12.2. The summed E-state index contributed by atoms with van der Waals surface area (Å²) in [5, 5.41) is 3.16. The molecular weight excluding hydrogens is 236 g/mol. The van der Waals surface area contributed by atoms with Gasteiger partial charge in [-0.2, -0.15) is 0 Å². The van der Waals surface area contributed by atoms with Crippen molar-refractivity contribution in [2.24, 2.45) is 0 Å². The summed E-state index contributed by atoms with van der Waals surface area (Å²) in [6.45, 7) is 6.43. The van der Waals surface area contributed by atoms with Crippen LogP contribution in [0, 0.1) is 0 Å². The predicted octanol–water partition coefficient (Wildman–Crippen LogP) is 2.63. The number of hydrogen-bond donors (Lipinski definition) is 1. The average Bonchev–Trinajstić information content (AvgIpc) is 2.41. The van der Waals surface area contributed by atoms with Crippen molar-refractivity contribution in [1.82, 2.24) is 10.2 Å². The van der Waals surface area contributed by atoms with Gasteiger partial charge in [-0.05, 0) is 56.6 Å². The Kier molecular flexibility index (Phi) is 4.59. The van der Waals surface area contributed by atoms with Crippen molar-refractivity contribution < 1.29 is 4.79 Å². The van der Waals surface area contributed by atoms with Gasteiger partial charge in [0.05, 0.1) is 0 Å². The summed E-state index contributed by atoms with van der Waals surface area (Å²) in [5.74, 6) is 0.521. The van der Waals surface area contributed by atoms with Crippen LogP contribution in [0.1, 0.15) is 48.5 Å². The first-order valence-electron chi connectivity index (χ1n) is 7.15. The number of amides is 1. The largest absolute Gasteiger partial charge is 0.349 e. The van der Waals surface area contributed by atoms with Crippen LogP contribution in [0.4, 0.5) is 0 Å². The first kappa shape index (κ1) is 14.1. The third-order valence-corrected chi connectivity index (χ3v) is 3.87. The van der Waals surface area contributed by atoms with Gasteiger partial charge in [-0.3, -0.25) is 4.79 Å². The van der Waals surface area contributed by atoms with E-state index in [1.54, 1.807) is 0 Å². The van der Waals surface area contributed by atoms with Gasteiger partial charge in [0.2, 0.25) is 0 Å². The van der Waals surface area contributed by atoms with Gasteiger partial charge < -0.3 is 10.2 Å². The number of benzene rings is 1. The molecule has 1 saturated heterocycles. The molecule has 3 nitrogen and oxygen atoms in total. The number of piperidine rings is 1. The Morgan fingerprint density at radius 2 is 2.00 bits per heavy atom. The Balaban J connectivity index is 1.98. The van der Waals surface area contributed by atoms with Crippen molar-refractivity contribution >= 4 is 5.91 Å².